The molecular formula is C35H23N3. The number of benzene rings is 5. The fraction of sp³-hybridized carbons (Fsp3) is 0. The molecule has 0 atom stereocenters. The Labute approximate surface area is 219 Å². The number of rotatable bonds is 3. The van der Waals surface area contributed by atoms with Crippen LogP contribution in [-0.4, -0.2) is 14.1 Å². The topological polar surface area (TPSA) is 22.8 Å². The van der Waals surface area contributed by atoms with E-state index in [4.69, 9.17) is 4.98 Å². The molecule has 3 heteroatoms. The van der Waals surface area contributed by atoms with Crippen LogP contribution in [0.4, 0.5) is 0 Å². The molecule has 8 aromatic rings. The van der Waals surface area contributed by atoms with Gasteiger partial charge in [0.25, 0.3) is 0 Å². The molecule has 0 amide bonds. The fourth-order valence-corrected chi connectivity index (χ4v) is 5.73. The average Bonchev–Trinajstić information content (AvgIpc) is 3.54. The van der Waals surface area contributed by atoms with Gasteiger partial charge in [-0.2, -0.15) is 0 Å². The maximum atomic E-state index is 5.11. The summed E-state index contributed by atoms with van der Waals surface area (Å²) in [7, 11) is 0. The van der Waals surface area contributed by atoms with E-state index in [-0.39, 0.29) is 0 Å². The van der Waals surface area contributed by atoms with Gasteiger partial charge >= 0.3 is 0 Å². The molecular weight excluding hydrogens is 462 g/mol. The van der Waals surface area contributed by atoms with Crippen LogP contribution in [0.3, 0.4) is 0 Å². The standard InChI is InChI=1S/C35H23N3/c1-3-10-24(11-4-1)31-15-9-17-35(36-31)38-32-16-8-7-14-29(32)30-21-27-22-33-25(20-26(27)23-34(30)38)18-19-37(33)28-12-5-2-6-13-28/h1-23H. The van der Waals surface area contributed by atoms with Crippen molar-refractivity contribution in [1.82, 2.24) is 14.1 Å². The van der Waals surface area contributed by atoms with Crippen LogP contribution in [0.2, 0.25) is 0 Å². The predicted molar refractivity (Wildman–Crippen MR) is 158 cm³/mol. The molecule has 0 spiro atoms. The third kappa shape index (κ3) is 3.19. The summed E-state index contributed by atoms with van der Waals surface area (Å²) < 4.78 is 4.57. The van der Waals surface area contributed by atoms with Crippen LogP contribution in [0.5, 0.6) is 0 Å². The molecule has 178 valence electrons. The zero-order valence-corrected chi connectivity index (χ0v) is 20.6. The lowest BCUT2D eigenvalue weighted by Gasteiger charge is -2.10. The molecule has 0 radical (unpaired) electrons. The van der Waals surface area contributed by atoms with E-state index in [9.17, 15) is 0 Å². The van der Waals surface area contributed by atoms with Crippen LogP contribution in [0, 0.1) is 0 Å². The summed E-state index contributed by atoms with van der Waals surface area (Å²) in [5, 5.41) is 6.15. The molecule has 0 N–H and O–H groups in total. The molecule has 0 aliphatic carbocycles. The van der Waals surface area contributed by atoms with E-state index in [1.165, 1.54) is 43.7 Å². The van der Waals surface area contributed by atoms with Gasteiger partial charge in [0, 0.05) is 33.6 Å². The number of hydrogen-bond acceptors (Lipinski definition) is 1. The summed E-state index contributed by atoms with van der Waals surface area (Å²) in [4.78, 5) is 5.11. The van der Waals surface area contributed by atoms with Gasteiger partial charge in [0.1, 0.15) is 5.82 Å². The van der Waals surface area contributed by atoms with Crippen molar-refractivity contribution in [3.8, 4) is 22.8 Å². The zero-order valence-electron chi connectivity index (χ0n) is 20.6. The van der Waals surface area contributed by atoms with E-state index in [2.05, 4.69) is 143 Å². The van der Waals surface area contributed by atoms with E-state index in [0.717, 1.165) is 22.6 Å². The van der Waals surface area contributed by atoms with Crippen molar-refractivity contribution in [2.24, 2.45) is 0 Å². The quantitative estimate of drug-likeness (QED) is 0.245. The molecule has 0 saturated carbocycles. The minimum absolute atomic E-state index is 0.924. The highest BCUT2D eigenvalue weighted by Gasteiger charge is 2.15. The lowest BCUT2D eigenvalue weighted by atomic mass is 10.0. The van der Waals surface area contributed by atoms with Gasteiger partial charge in [0.2, 0.25) is 0 Å². The third-order valence-electron chi connectivity index (χ3n) is 7.51. The Balaban J connectivity index is 1.39. The normalized spacial score (nSPS) is 11.7. The molecule has 0 fully saturated rings. The first-order valence-corrected chi connectivity index (χ1v) is 12.9. The highest BCUT2D eigenvalue weighted by Crippen LogP contribution is 2.36. The van der Waals surface area contributed by atoms with Gasteiger partial charge in [-0.1, -0.05) is 72.8 Å². The number of fused-ring (bicyclic) bond motifs is 5. The van der Waals surface area contributed by atoms with E-state index >= 15 is 0 Å². The van der Waals surface area contributed by atoms with Gasteiger partial charge in [0.05, 0.1) is 22.2 Å². The van der Waals surface area contributed by atoms with Gasteiger partial charge in [-0.15, -0.1) is 0 Å². The van der Waals surface area contributed by atoms with Crippen molar-refractivity contribution in [2.45, 2.75) is 0 Å². The highest BCUT2D eigenvalue weighted by molar-refractivity contribution is 6.14. The van der Waals surface area contributed by atoms with Crippen LogP contribution in [-0.2, 0) is 0 Å². The molecule has 38 heavy (non-hydrogen) atoms. The minimum Gasteiger partial charge on any atom is -0.317 e. The summed E-state index contributed by atoms with van der Waals surface area (Å²) in [5.74, 6) is 0.924. The first kappa shape index (κ1) is 21.0. The summed E-state index contributed by atoms with van der Waals surface area (Å²) in [6.07, 6.45) is 2.16. The first-order valence-electron chi connectivity index (χ1n) is 12.9. The second-order valence-corrected chi connectivity index (χ2v) is 9.75. The molecule has 5 aromatic carbocycles. The van der Waals surface area contributed by atoms with E-state index in [1.54, 1.807) is 0 Å². The number of aromatic nitrogens is 3. The Bertz CT molecular complexity index is 2120. The molecule has 0 unspecified atom stereocenters. The maximum Gasteiger partial charge on any atom is 0.138 e. The molecule has 0 aliphatic heterocycles. The lowest BCUT2D eigenvalue weighted by molar-refractivity contribution is 1.08. The molecule has 0 bridgehead atoms. The molecule has 3 heterocycles. The van der Waals surface area contributed by atoms with Crippen molar-refractivity contribution in [3.63, 3.8) is 0 Å². The second kappa shape index (κ2) is 8.19. The maximum absolute atomic E-state index is 5.11. The monoisotopic (exact) mass is 485 g/mol. The fourth-order valence-electron chi connectivity index (χ4n) is 5.73. The van der Waals surface area contributed by atoms with Crippen molar-refractivity contribution in [2.75, 3.05) is 0 Å². The van der Waals surface area contributed by atoms with Crippen molar-refractivity contribution >= 4 is 43.5 Å². The average molecular weight is 486 g/mol. The number of para-hydroxylation sites is 2. The van der Waals surface area contributed by atoms with Crippen LogP contribution in [0.25, 0.3) is 66.2 Å². The summed E-state index contributed by atoms with van der Waals surface area (Å²) in [6, 6.07) is 47.3. The van der Waals surface area contributed by atoms with Gasteiger partial charge in [0.15, 0.2) is 0 Å². The van der Waals surface area contributed by atoms with E-state index in [0.29, 0.717) is 0 Å². The Morgan fingerprint density at radius 3 is 2.08 bits per heavy atom. The SMILES string of the molecule is c1ccc(-c2cccc(-n3c4ccccc4c4cc5cc6c(ccn6-c6ccccc6)cc5cc43)n2)cc1. The van der Waals surface area contributed by atoms with Gasteiger partial charge in [-0.25, -0.2) is 4.98 Å². The number of nitrogens with zero attached hydrogens (tertiary/aromatic N) is 3. The summed E-state index contributed by atoms with van der Waals surface area (Å²) in [5.41, 5.74) is 6.80. The first-order chi connectivity index (χ1) is 18.8. The number of pyridine rings is 1. The van der Waals surface area contributed by atoms with Crippen molar-refractivity contribution in [1.29, 1.82) is 0 Å². The summed E-state index contributed by atoms with van der Waals surface area (Å²) in [6.45, 7) is 0. The van der Waals surface area contributed by atoms with Crippen LogP contribution >= 0.6 is 0 Å². The van der Waals surface area contributed by atoms with Crippen LogP contribution < -0.4 is 0 Å². The molecule has 8 rings (SSSR count). The van der Waals surface area contributed by atoms with Gasteiger partial charge in [-0.3, -0.25) is 4.57 Å². The molecule has 3 nitrogen and oxygen atoms in total. The Kier molecular flexibility index (Phi) is 4.52. The van der Waals surface area contributed by atoms with E-state index < -0.39 is 0 Å². The van der Waals surface area contributed by atoms with Crippen LogP contribution in [0.1, 0.15) is 0 Å². The Hall–Kier alpha value is -5.15. The second-order valence-electron chi connectivity index (χ2n) is 9.75. The largest absolute Gasteiger partial charge is 0.317 e. The Morgan fingerprint density at radius 1 is 0.474 bits per heavy atom. The van der Waals surface area contributed by atoms with Crippen molar-refractivity contribution in [3.05, 3.63) is 140 Å². The zero-order chi connectivity index (χ0) is 25.1. The highest BCUT2D eigenvalue weighted by atomic mass is 15.1. The smallest absolute Gasteiger partial charge is 0.138 e. The molecule has 3 aromatic heterocycles. The van der Waals surface area contributed by atoms with E-state index in [1.807, 2.05) is 6.07 Å². The molecule has 0 saturated heterocycles. The predicted octanol–water partition coefficient (Wildman–Crippen LogP) is 8.94. The minimum atomic E-state index is 0.924. The van der Waals surface area contributed by atoms with Crippen molar-refractivity contribution < 1.29 is 0 Å². The van der Waals surface area contributed by atoms with Gasteiger partial charge < -0.3 is 4.57 Å². The van der Waals surface area contributed by atoms with Crippen LogP contribution in [0.15, 0.2) is 140 Å². The summed E-state index contributed by atoms with van der Waals surface area (Å²) >= 11 is 0. The van der Waals surface area contributed by atoms with Gasteiger partial charge in [-0.05, 0) is 71.4 Å². The Morgan fingerprint density at radius 2 is 1.21 bits per heavy atom. The third-order valence-corrected chi connectivity index (χ3v) is 7.51. The number of hydrogen-bond donors (Lipinski definition) is 0. The molecule has 0 aliphatic rings. The lowest BCUT2D eigenvalue weighted by Crippen LogP contribution is -1.98.